The van der Waals surface area contributed by atoms with Gasteiger partial charge < -0.3 is 9.84 Å². The lowest BCUT2D eigenvalue weighted by Gasteiger charge is -2.30. The van der Waals surface area contributed by atoms with E-state index in [1.807, 2.05) is 18.2 Å². The molecule has 6 heteroatoms. The van der Waals surface area contributed by atoms with Gasteiger partial charge in [0.2, 0.25) is 0 Å². The molecule has 1 aromatic carbocycles. The van der Waals surface area contributed by atoms with Crippen LogP contribution in [0.4, 0.5) is 0 Å². The largest absolute Gasteiger partial charge is 0.464 e. The first-order valence-electron chi connectivity index (χ1n) is 8.00. The van der Waals surface area contributed by atoms with Crippen LogP contribution in [-0.4, -0.2) is 46.3 Å². The number of aromatic nitrogens is 1. The highest BCUT2D eigenvalue weighted by Gasteiger charge is 2.39. The van der Waals surface area contributed by atoms with Crippen LogP contribution < -0.4 is 0 Å². The fraction of sp³-hybridized carbons (Fsp3) is 0.529. The molecule has 5 nitrogen and oxygen atoms in total. The maximum Gasteiger partial charge on any atom is 0.339 e. The van der Waals surface area contributed by atoms with Crippen molar-refractivity contribution in [3.63, 3.8) is 0 Å². The van der Waals surface area contributed by atoms with Gasteiger partial charge in [-0.05, 0) is 45.4 Å². The van der Waals surface area contributed by atoms with Crippen molar-refractivity contribution < 1.29 is 14.6 Å². The summed E-state index contributed by atoms with van der Waals surface area (Å²) in [5.74, 6) is -0.560. The number of β-amino-alcohol motifs (C(OH)–C–C–N with tert-alkyl or cyclic N) is 1. The molecular weight excluding hydrogens is 312 g/mol. The number of fused-ring (bicyclic) bond motifs is 1. The number of ether oxygens (including phenoxy) is 1. The number of likely N-dealkylation sites (tertiary alicyclic amines) is 1. The smallest absolute Gasteiger partial charge is 0.339 e. The number of hydrogen-bond acceptors (Lipinski definition) is 6. The Bertz CT molecular complexity index is 665. The quantitative estimate of drug-likeness (QED) is 0.852. The van der Waals surface area contributed by atoms with Crippen LogP contribution >= 0.6 is 11.3 Å². The molecule has 2 aromatic rings. The number of hydrogen-bond donors (Lipinski definition) is 1. The van der Waals surface area contributed by atoms with Gasteiger partial charge in [-0.25, -0.2) is 9.78 Å². The Labute approximate surface area is 139 Å². The molecule has 1 saturated heterocycles. The van der Waals surface area contributed by atoms with Gasteiger partial charge >= 0.3 is 5.97 Å². The van der Waals surface area contributed by atoms with Crippen LogP contribution in [-0.2, 0) is 9.53 Å². The Hall–Kier alpha value is -1.50. The summed E-state index contributed by atoms with van der Waals surface area (Å²) in [6.45, 7) is 4.67. The van der Waals surface area contributed by atoms with Crippen LogP contribution in [0.1, 0.15) is 37.7 Å². The van der Waals surface area contributed by atoms with E-state index in [2.05, 4.69) is 11.0 Å². The second-order valence-electron chi connectivity index (χ2n) is 6.14. The predicted molar refractivity (Wildman–Crippen MR) is 90.4 cm³/mol. The number of rotatable bonds is 5. The Kier molecular flexibility index (Phi) is 4.66. The highest BCUT2D eigenvalue weighted by atomic mass is 32.1. The van der Waals surface area contributed by atoms with Gasteiger partial charge in [-0.15, -0.1) is 11.3 Å². The lowest BCUT2D eigenvalue weighted by atomic mass is 10.1. The van der Waals surface area contributed by atoms with E-state index in [4.69, 9.17) is 9.72 Å². The van der Waals surface area contributed by atoms with Gasteiger partial charge in [0.25, 0.3) is 0 Å². The van der Waals surface area contributed by atoms with E-state index in [1.54, 1.807) is 18.3 Å². The van der Waals surface area contributed by atoms with Crippen LogP contribution in [0.15, 0.2) is 24.3 Å². The Morgan fingerprint density at radius 1 is 1.52 bits per heavy atom. The molecule has 2 atom stereocenters. The van der Waals surface area contributed by atoms with Gasteiger partial charge in [0.15, 0.2) is 5.60 Å². The van der Waals surface area contributed by atoms with E-state index in [0.717, 1.165) is 29.9 Å². The summed E-state index contributed by atoms with van der Waals surface area (Å²) in [6.07, 6.45) is 2.04. The number of thiazole rings is 1. The van der Waals surface area contributed by atoms with E-state index in [-0.39, 0.29) is 19.2 Å². The minimum absolute atomic E-state index is 0.160. The number of nitrogens with zero attached hydrogens (tertiary/aromatic N) is 2. The molecule has 0 unspecified atom stereocenters. The minimum Gasteiger partial charge on any atom is -0.464 e. The average molecular weight is 334 g/mol. The van der Waals surface area contributed by atoms with Crippen molar-refractivity contribution in [1.29, 1.82) is 0 Å². The highest BCUT2D eigenvalue weighted by molar-refractivity contribution is 7.18. The first-order chi connectivity index (χ1) is 11.0. The van der Waals surface area contributed by atoms with Crippen molar-refractivity contribution in [2.24, 2.45) is 0 Å². The predicted octanol–water partition coefficient (Wildman–Crippen LogP) is 2.75. The zero-order valence-electron chi connectivity index (χ0n) is 13.5. The van der Waals surface area contributed by atoms with Crippen LogP contribution in [0.3, 0.4) is 0 Å². The fourth-order valence-electron chi connectivity index (χ4n) is 3.07. The number of para-hydroxylation sites is 1. The molecule has 1 fully saturated rings. The molecule has 124 valence electrons. The fourth-order valence-corrected chi connectivity index (χ4v) is 4.21. The number of carbonyl (C=O) groups is 1. The molecule has 0 aliphatic carbocycles. The van der Waals surface area contributed by atoms with Crippen LogP contribution in [0.5, 0.6) is 0 Å². The standard InChI is InChI=1S/C17H22N2O3S/c1-3-22-16(20)17(2,21)11-19-10-6-8-13(19)15-18-12-7-4-5-9-14(12)23-15/h4-5,7,9,13,21H,3,6,8,10-11H2,1-2H3/t13-,17-/m1/s1. The number of aliphatic hydroxyl groups is 1. The molecular formula is C17H22N2O3S. The van der Waals surface area contributed by atoms with Crippen LogP contribution in [0.25, 0.3) is 10.2 Å². The molecule has 1 aromatic heterocycles. The summed E-state index contributed by atoms with van der Waals surface area (Å²) in [6, 6.07) is 8.26. The van der Waals surface area contributed by atoms with Gasteiger partial charge in [-0.3, -0.25) is 4.90 Å². The first-order valence-corrected chi connectivity index (χ1v) is 8.82. The third-order valence-corrected chi connectivity index (χ3v) is 5.32. The van der Waals surface area contributed by atoms with Crippen molar-refractivity contribution in [3.8, 4) is 0 Å². The Morgan fingerprint density at radius 3 is 3.04 bits per heavy atom. The molecule has 1 N–H and O–H groups in total. The second kappa shape index (κ2) is 6.55. The summed E-state index contributed by atoms with van der Waals surface area (Å²) < 4.78 is 6.15. The van der Waals surface area contributed by atoms with E-state index in [1.165, 1.54) is 11.6 Å². The molecule has 0 spiro atoms. The lowest BCUT2D eigenvalue weighted by molar-refractivity contribution is -0.165. The van der Waals surface area contributed by atoms with E-state index in [9.17, 15) is 9.90 Å². The summed E-state index contributed by atoms with van der Waals surface area (Å²) in [5, 5.41) is 11.5. The summed E-state index contributed by atoms with van der Waals surface area (Å²) >= 11 is 1.69. The third kappa shape index (κ3) is 3.39. The lowest BCUT2D eigenvalue weighted by Crippen LogP contribution is -2.47. The molecule has 0 saturated carbocycles. The maximum atomic E-state index is 11.9. The highest BCUT2D eigenvalue weighted by Crippen LogP contribution is 2.37. The van der Waals surface area contributed by atoms with Crippen molar-refractivity contribution >= 4 is 27.5 Å². The molecule has 0 amide bonds. The average Bonchev–Trinajstić information content (AvgIpc) is 3.12. The molecule has 0 bridgehead atoms. The van der Waals surface area contributed by atoms with Crippen molar-refractivity contribution in [3.05, 3.63) is 29.3 Å². The third-order valence-electron chi connectivity index (χ3n) is 4.19. The summed E-state index contributed by atoms with van der Waals surface area (Å²) in [5.41, 5.74) is -0.480. The van der Waals surface area contributed by atoms with Gasteiger partial charge in [-0.1, -0.05) is 12.1 Å². The zero-order valence-corrected chi connectivity index (χ0v) is 14.3. The van der Waals surface area contributed by atoms with Gasteiger partial charge in [-0.2, -0.15) is 0 Å². The van der Waals surface area contributed by atoms with Crippen molar-refractivity contribution in [2.75, 3.05) is 19.7 Å². The molecule has 1 aliphatic rings. The monoisotopic (exact) mass is 334 g/mol. The van der Waals surface area contributed by atoms with Gasteiger partial charge in [0, 0.05) is 6.54 Å². The summed E-state index contributed by atoms with van der Waals surface area (Å²) in [4.78, 5) is 18.8. The van der Waals surface area contributed by atoms with E-state index >= 15 is 0 Å². The van der Waals surface area contributed by atoms with Crippen molar-refractivity contribution in [2.45, 2.75) is 38.3 Å². The van der Waals surface area contributed by atoms with Gasteiger partial charge in [0.1, 0.15) is 5.01 Å². The topological polar surface area (TPSA) is 62.7 Å². The van der Waals surface area contributed by atoms with E-state index in [0.29, 0.717) is 0 Å². The Morgan fingerprint density at radius 2 is 2.30 bits per heavy atom. The molecule has 0 radical (unpaired) electrons. The first kappa shape index (κ1) is 16.4. The van der Waals surface area contributed by atoms with Crippen LogP contribution in [0, 0.1) is 0 Å². The minimum atomic E-state index is -1.49. The van der Waals surface area contributed by atoms with Crippen molar-refractivity contribution in [1.82, 2.24) is 9.88 Å². The molecule has 23 heavy (non-hydrogen) atoms. The SMILES string of the molecule is CCOC(=O)[C@](C)(O)CN1CCC[C@@H]1c1nc2ccccc2s1. The molecule has 3 rings (SSSR count). The van der Waals surface area contributed by atoms with E-state index < -0.39 is 11.6 Å². The summed E-state index contributed by atoms with van der Waals surface area (Å²) in [7, 11) is 0. The number of carbonyl (C=O) groups excluding carboxylic acids is 1. The number of esters is 1. The second-order valence-corrected chi connectivity index (χ2v) is 7.20. The maximum absolute atomic E-state index is 11.9. The Balaban J connectivity index is 1.78. The molecule has 1 aliphatic heterocycles. The number of benzene rings is 1. The zero-order chi connectivity index (χ0) is 16.4. The van der Waals surface area contributed by atoms with Crippen LogP contribution in [0.2, 0.25) is 0 Å². The molecule has 2 heterocycles. The van der Waals surface area contributed by atoms with Gasteiger partial charge in [0.05, 0.1) is 22.9 Å². The normalized spacial score (nSPS) is 21.4.